The average Bonchev–Trinajstić information content (AvgIpc) is 2.89. The molecule has 0 aromatic carbocycles. The number of nitrogens with zero attached hydrogens (tertiary/aromatic N) is 1. The van der Waals surface area contributed by atoms with Crippen molar-refractivity contribution < 1.29 is 14.3 Å². The molecule has 1 fully saturated rings. The Morgan fingerprint density at radius 3 is 1.71 bits per heavy atom. The summed E-state index contributed by atoms with van der Waals surface area (Å²) in [5.74, 6) is 0. The van der Waals surface area contributed by atoms with Crippen LogP contribution >= 0.6 is 0 Å². The van der Waals surface area contributed by atoms with Crippen LogP contribution in [0.5, 0.6) is 0 Å². The first-order chi connectivity index (χ1) is 8.52. The first-order valence-corrected chi connectivity index (χ1v) is 9.51. The number of ether oxygens (including phenoxy) is 1. The van der Waals surface area contributed by atoms with E-state index < -0.39 is 8.07 Å². The Bertz CT molecular complexity index is 333. The molecule has 1 aromatic rings. The summed E-state index contributed by atoms with van der Waals surface area (Å²) in [4.78, 5) is 20.6. The van der Waals surface area contributed by atoms with E-state index in [4.69, 9.17) is 14.3 Å². The van der Waals surface area contributed by atoms with Crippen LogP contribution in [0, 0.1) is 0 Å². The molecule has 0 spiro atoms. The maximum Gasteiger partial charge on any atom is 0.373 e. The molecule has 1 aromatic heterocycles. The third-order valence-corrected chi connectivity index (χ3v) is 4.09. The fourth-order valence-electron chi connectivity index (χ4n) is 1.32. The van der Waals surface area contributed by atoms with Crippen molar-refractivity contribution in [2.24, 2.45) is 0 Å². The minimum absolute atomic E-state index is 0. The first kappa shape index (κ1) is 28.0. The molecular formula is C16H33NO3Si. The number of hydrogen-bond acceptors (Lipinski definition) is 4. The van der Waals surface area contributed by atoms with Crippen molar-refractivity contribution in [1.82, 2.24) is 4.98 Å². The van der Waals surface area contributed by atoms with Crippen molar-refractivity contribution in [2.45, 2.75) is 54.8 Å². The van der Waals surface area contributed by atoms with Gasteiger partial charge in [0.05, 0.1) is 0 Å². The van der Waals surface area contributed by atoms with E-state index in [2.05, 4.69) is 36.8 Å². The van der Waals surface area contributed by atoms with Crippen molar-refractivity contribution in [2.75, 3.05) is 13.2 Å². The highest BCUT2D eigenvalue weighted by atomic mass is 28.3. The minimum atomic E-state index is -1.14. The Morgan fingerprint density at radius 1 is 1.05 bits per heavy atom. The molecule has 124 valence electrons. The van der Waals surface area contributed by atoms with Crippen LogP contribution in [0.3, 0.4) is 0 Å². The van der Waals surface area contributed by atoms with Crippen molar-refractivity contribution in [3.05, 3.63) is 24.4 Å². The van der Waals surface area contributed by atoms with Gasteiger partial charge in [0, 0.05) is 24.7 Å². The van der Waals surface area contributed by atoms with E-state index in [1.807, 2.05) is 12.3 Å². The third-order valence-electron chi connectivity index (χ3n) is 2.26. The summed E-state index contributed by atoms with van der Waals surface area (Å²) >= 11 is 0. The van der Waals surface area contributed by atoms with Gasteiger partial charge in [0.25, 0.3) is 0 Å². The van der Waals surface area contributed by atoms with Gasteiger partial charge in [-0.1, -0.05) is 48.0 Å². The standard InChI is InChI=1S/C8H13NSi.C4H8O.CO2.3CH4/c1-10(2,3)8-6-4-5-7-9-8;1-2-4-5-3-1;2-1-3;;;/h4-7H,1-3H3;1-4H2;;3*1H4. The molecule has 21 heavy (non-hydrogen) atoms. The van der Waals surface area contributed by atoms with E-state index in [-0.39, 0.29) is 28.4 Å². The highest BCUT2D eigenvalue weighted by Gasteiger charge is 2.16. The SMILES string of the molecule is C.C.C.C1CCOC1.C[Si](C)(C)c1ccccn1.O=C=O. The molecule has 1 saturated heterocycles. The summed E-state index contributed by atoms with van der Waals surface area (Å²) in [7, 11) is -1.14. The van der Waals surface area contributed by atoms with Gasteiger partial charge in [-0.2, -0.15) is 9.59 Å². The zero-order valence-electron chi connectivity index (χ0n) is 11.3. The van der Waals surface area contributed by atoms with Crippen LogP contribution in [0.2, 0.25) is 19.6 Å². The van der Waals surface area contributed by atoms with Gasteiger partial charge < -0.3 is 4.74 Å². The van der Waals surface area contributed by atoms with Crippen LogP contribution in [0.4, 0.5) is 0 Å². The van der Waals surface area contributed by atoms with Crippen molar-refractivity contribution in [3.8, 4) is 0 Å². The van der Waals surface area contributed by atoms with E-state index in [0.29, 0.717) is 0 Å². The smallest absolute Gasteiger partial charge is 0.373 e. The van der Waals surface area contributed by atoms with Crippen molar-refractivity contribution >= 4 is 19.5 Å². The van der Waals surface area contributed by atoms with Gasteiger partial charge in [-0.15, -0.1) is 0 Å². The molecule has 2 rings (SSSR count). The highest BCUT2D eigenvalue weighted by molar-refractivity contribution is 6.88. The molecule has 0 bridgehead atoms. The first-order valence-electron chi connectivity index (χ1n) is 6.01. The molecule has 0 amide bonds. The van der Waals surface area contributed by atoms with Crippen LogP contribution < -0.4 is 5.32 Å². The number of hydrogen-bond donors (Lipinski definition) is 0. The molecule has 0 radical (unpaired) electrons. The van der Waals surface area contributed by atoms with Gasteiger partial charge in [0.15, 0.2) is 0 Å². The molecule has 1 aliphatic heterocycles. The molecule has 2 heterocycles. The molecule has 0 N–H and O–H groups in total. The van der Waals surface area contributed by atoms with Gasteiger partial charge in [-0.3, -0.25) is 4.98 Å². The van der Waals surface area contributed by atoms with E-state index in [1.54, 1.807) is 0 Å². The van der Waals surface area contributed by atoms with Crippen LogP contribution in [0.1, 0.15) is 35.1 Å². The predicted molar refractivity (Wildman–Crippen MR) is 92.5 cm³/mol. The zero-order chi connectivity index (χ0) is 13.9. The molecule has 0 saturated carbocycles. The molecule has 0 atom stereocenters. The highest BCUT2D eigenvalue weighted by Crippen LogP contribution is 1.98. The average molecular weight is 316 g/mol. The fourth-order valence-corrected chi connectivity index (χ4v) is 2.37. The van der Waals surface area contributed by atoms with E-state index in [0.717, 1.165) is 13.2 Å². The van der Waals surface area contributed by atoms with Gasteiger partial charge in [0.1, 0.15) is 8.07 Å². The lowest BCUT2D eigenvalue weighted by atomic mass is 10.4. The summed E-state index contributed by atoms with van der Waals surface area (Å²) in [6.45, 7) is 8.90. The van der Waals surface area contributed by atoms with Crippen LogP contribution in [0.15, 0.2) is 24.4 Å². The van der Waals surface area contributed by atoms with Gasteiger partial charge in [0.2, 0.25) is 0 Å². The normalized spacial score (nSPS) is 11.6. The van der Waals surface area contributed by atoms with E-state index in [9.17, 15) is 0 Å². The summed E-state index contributed by atoms with van der Waals surface area (Å²) in [6, 6.07) is 6.14. The third kappa shape index (κ3) is 16.7. The Hall–Kier alpha value is -1.29. The number of carbonyl (C=O) groups excluding carboxylic acids is 2. The number of pyridine rings is 1. The van der Waals surface area contributed by atoms with Crippen molar-refractivity contribution in [1.29, 1.82) is 0 Å². The molecule has 4 nitrogen and oxygen atoms in total. The topological polar surface area (TPSA) is 56.3 Å². The number of aromatic nitrogens is 1. The van der Waals surface area contributed by atoms with Crippen LogP contribution in [-0.4, -0.2) is 32.4 Å². The van der Waals surface area contributed by atoms with Crippen LogP contribution in [0.25, 0.3) is 0 Å². The second-order valence-corrected chi connectivity index (χ2v) is 9.88. The molecule has 1 aliphatic rings. The quantitative estimate of drug-likeness (QED) is 0.741. The lowest BCUT2D eigenvalue weighted by Crippen LogP contribution is -2.39. The number of rotatable bonds is 1. The van der Waals surface area contributed by atoms with E-state index >= 15 is 0 Å². The van der Waals surface area contributed by atoms with Gasteiger partial charge in [-0.05, 0) is 25.0 Å². The molecular weight excluding hydrogens is 282 g/mol. The van der Waals surface area contributed by atoms with E-state index in [1.165, 1.54) is 18.2 Å². The van der Waals surface area contributed by atoms with Crippen molar-refractivity contribution in [3.63, 3.8) is 0 Å². The summed E-state index contributed by atoms with van der Waals surface area (Å²) in [5, 5.41) is 1.29. The van der Waals surface area contributed by atoms with Crippen LogP contribution in [-0.2, 0) is 14.3 Å². The Balaban J connectivity index is -0.000000113. The predicted octanol–water partition coefficient (Wildman–Crippen LogP) is 3.75. The Labute approximate surface area is 132 Å². The second kappa shape index (κ2) is 16.8. The molecule has 0 aliphatic carbocycles. The maximum absolute atomic E-state index is 8.12. The second-order valence-electron chi connectivity index (χ2n) is 4.87. The molecule has 5 heteroatoms. The summed E-state index contributed by atoms with van der Waals surface area (Å²) in [6.07, 6.45) is 4.67. The molecule has 0 unspecified atom stereocenters. The zero-order valence-corrected chi connectivity index (χ0v) is 12.3. The maximum atomic E-state index is 8.12. The summed E-state index contributed by atoms with van der Waals surface area (Å²) < 4.78 is 4.94. The Kier molecular flexibility index (Phi) is 22.3. The lowest BCUT2D eigenvalue weighted by molar-refractivity contribution is -0.191. The minimum Gasteiger partial charge on any atom is -0.381 e. The Morgan fingerprint density at radius 2 is 1.52 bits per heavy atom. The largest absolute Gasteiger partial charge is 0.381 e. The van der Waals surface area contributed by atoms with Gasteiger partial charge >= 0.3 is 6.15 Å². The fraction of sp³-hybridized carbons (Fsp3) is 0.625. The monoisotopic (exact) mass is 315 g/mol. The summed E-state index contributed by atoms with van der Waals surface area (Å²) in [5.41, 5.74) is 0. The van der Waals surface area contributed by atoms with Gasteiger partial charge in [-0.25, -0.2) is 0 Å². The lowest BCUT2D eigenvalue weighted by Gasteiger charge is -2.13.